The Labute approximate surface area is 156 Å². The maximum absolute atomic E-state index is 13.0. The van der Waals surface area contributed by atoms with E-state index in [1.807, 2.05) is 0 Å². The average Bonchev–Trinajstić information content (AvgIpc) is 2.69. The molecule has 0 aliphatic carbocycles. The van der Waals surface area contributed by atoms with Gasteiger partial charge in [0, 0.05) is 37.4 Å². The van der Waals surface area contributed by atoms with Crippen LogP contribution in [0, 0.1) is 5.82 Å². The van der Waals surface area contributed by atoms with Crippen molar-refractivity contribution in [3.05, 3.63) is 59.9 Å². The highest BCUT2D eigenvalue weighted by Crippen LogP contribution is 2.18. The van der Waals surface area contributed by atoms with E-state index in [1.165, 1.54) is 30.3 Å². The zero-order chi connectivity index (χ0) is 19.4. The lowest BCUT2D eigenvalue weighted by Gasteiger charge is -2.32. The fourth-order valence-electron chi connectivity index (χ4n) is 2.74. The SMILES string of the molecule is O=CN1CCN(C(=O)c2cccc(S(=O)(=O)Nc3ccc(F)cc3)c2)CC1. The Balaban J connectivity index is 1.77. The summed E-state index contributed by atoms with van der Waals surface area (Å²) in [5.74, 6) is -0.764. The summed E-state index contributed by atoms with van der Waals surface area (Å²) >= 11 is 0. The number of benzene rings is 2. The molecular formula is C18H18FN3O4S. The number of anilines is 1. The fourth-order valence-corrected chi connectivity index (χ4v) is 3.85. The van der Waals surface area contributed by atoms with Gasteiger partial charge in [0.2, 0.25) is 6.41 Å². The summed E-state index contributed by atoms with van der Waals surface area (Å²) in [5.41, 5.74) is 0.467. The fraction of sp³-hybridized carbons (Fsp3) is 0.222. The van der Waals surface area contributed by atoms with Gasteiger partial charge >= 0.3 is 0 Å². The number of amides is 2. The largest absolute Gasteiger partial charge is 0.342 e. The molecule has 0 spiro atoms. The van der Waals surface area contributed by atoms with E-state index in [0.29, 0.717) is 26.2 Å². The van der Waals surface area contributed by atoms with Crippen LogP contribution in [0.2, 0.25) is 0 Å². The molecule has 2 amide bonds. The lowest BCUT2D eigenvalue weighted by Crippen LogP contribution is -2.48. The Bertz CT molecular complexity index is 939. The molecule has 3 rings (SSSR count). The summed E-state index contributed by atoms with van der Waals surface area (Å²) in [6.07, 6.45) is 0.746. The number of carbonyl (C=O) groups excluding carboxylic acids is 2. The van der Waals surface area contributed by atoms with Crippen molar-refractivity contribution >= 4 is 28.0 Å². The van der Waals surface area contributed by atoms with Crippen molar-refractivity contribution in [2.75, 3.05) is 30.9 Å². The highest BCUT2D eigenvalue weighted by molar-refractivity contribution is 7.92. The lowest BCUT2D eigenvalue weighted by molar-refractivity contribution is -0.119. The molecule has 1 fully saturated rings. The first-order valence-corrected chi connectivity index (χ1v) is 9.74. The molecular weight excluding hydrogens is 373 g/mol. The van der Waals surface area contributed by atoms with Crippen molar-refractivity contribution in [1.82, 2.24) is 9.80 Å². The number of carbonyl (C=O) groups is 2. The first kappa shape index (κ1) is 18.8. The molecule has 142 valence electrons. The Kier molecular flexibility index (Phi) is 5.41. The Hall–Kier alpha value is -2.94. The van der Waals surface area contributed by atoms with Gasteiger partial charge in [-0.3, -0.25) is 14.3 Å². The number of hydrogen-bond acceptors (Lipinski definition) is 4. The van der Waals surface area contributed by atoms with E-state index >= 15 is 0 Å². The average molecular weight is 391 g/mol. The van der Waals surface area contributed by atoms with E-state index in [9.17, 15) is 22.4 Å². The monoisotopic (exact) mass is 391 g/mol. The number of piperazine rings is 1. The molecule has 0 saturated carbocycles. The van der Waals surface area contributed by atoms with Crippen LogP contribution in [0.4, 0.5) is 10.1 Å². The van der Waals surface area contributed by atoms with E-state index in [4.69, 9.17) is 0 Å². The summed E-state index contributed by atoms with van der Waals surface area (Å²) < 4.78 is 40.4. The van der Waals surface area contributed by atoms with Crippen molar-refractivity contribution in [2.24, 2.45) is 0 Å². The third-order valence-electron chi connectivity index (χ3n) is 4.24. The summed E-state index contributed by atoms with van der Waals surface area (Å²) in [7, 11) is -3.92. The van der Waals surface area contributed by atoms with Crippen LogP contribution in [-0.4, -0.2) is 56.7 Å². The van der Waals surface area contributed by atoms with Crippen molar-refractivity contribution in [2.45, 2.75) is 4.90 Å². The van der Waals surface area contributed by atoms with Crippen LogP contribution >= 0.6 is 0 Å². The summed E-state index contributed by atoms with van der Waals surface area (Å²) in [6, 6.07) is 10.7. The van der Waals surface area contributed by atoms with Gasteiger partial charge in [-0.05, 0) is 42.5 Å². The molecule has 1 saturated heterocycles. The second-order valence-corrected chi connectivity index (χ2v) is 7.76. The van der Waals surface area contributed by atoms with Gasteiger partial charge in [-0.2, -0.15) is 0 Å². The van der Waals surface area contributed by atoms with Crippen molar-refractivity contribution in [3.8, 4) is 0 Å². The number of sulfonamides is 1. The van der Waals surface area contributed by atoms with Gasteiger partial charge in [-0.15, -0.1) is 0 Å². The third kappa shape index (κ3) is 4.43. The minimum Gasteiger partial charge on any atom is -0.342 e. The van der Waals surface area contributed by atoms with E-state index in [-0.39, 0.29) is 22.1 Å². The van der Waals surface area contributed by atoms with Gasteiger partial charge in [-0.25, -0.2) is 12.8 Å². The van der Waals surface area contributed by atoms with Crippen LogP contribution in [0.5, 0.6) is 0 Å². The van der Waals surface area contributed by atoms with Crippen LogP contribution in [0.3, 0.4) is 0 Å². The molecule has 7 nitrogen and oxygen atoms in total. The van der Waals surface area contributed by atoms with E-state index in [0.717, 1.165) is 18.5 Å². The summed E-state index contributed by atoms with van der Waals surface area (Å²) in [4.78, 5) is 26.5. The molecule has 1 N–H and O–H groups in total. The topological polar surface area (TPSA) is 86.8 Å². The van der Waals surface area contributed by atoms with Crippen LogP contribution in [-0.2, 0) is 14.8 Å². The van der Waals surface area contributed by atoms with Crippen molar-refractivity contribution in [3.63, 3.8) is 0 Å². The van der Waals surface area contributed by atoms with Crippen LogP contribution in [0.1, 0.15) is 10.4 Å². The standard InChI is InChI=1S/C18H18FN3O4S/c19-15-4-6-16(7-5-15)20-27(25,26)17-3-1-2-14(12-17)18(24)22-10-8-21(13-23)9-11-22/h1-7,12-13,20H,8-11H2. The third-order valence-corrected chi connectivity index (χ3v) is 5.62. The Morgan fingerprint density at radius 2 is 1.70 bits per heavy atom. The molecule has 1 aliphatic rings. The van der Waals surface area contributed by atoms with Gasteiger partial charge in [0.05, 0.1) is 4.90 Å². The van der Waals surface area contributed by atoms with Gasteiger partial charge in [-0.1, -0.05) is 6.07 Å². The summed E-state index contributed by atoms with van der Waals surface area (Å²) in [5, 5.41) is 0. The maximum atomic E-state index is 13.0. The molecule has 0 unspecified atom stereocenters. The zero-order valence-electron chi connectivity index (χ0n) is 14.3. The second-order valence-electron chi connectivity index (χ2n) is 6.07. The second kappa shape index (κ2) is 7.75. The number of nitrogens with one attached hydrogen (secondary N) is 1. The quantitative estimate of drug-likeness (QED) is 0.784. The Morgan fingerprint density at radius 1 is 1.04 bits per heavy atom. The van der Waals surface area contributed by atoms with E-state index < -0.39 is 15.8 Å². The maximum Gasteiger partial charge on any atom is 0.261 e. The first-order valence-electron chi connectivity index (χ1n) is 8.26. The number of hydrogen-bond donors (Lipinski definition) is 1. The zero-order valence-corrected chi connectivity index (χ0v) is 15.2. The predicted octanol–water partition coefficient (Wildman–Crippen LogP) is 1.54. The Morgan fingerprint density at radius 3 is 2.33 bits per heavy atom. The van der Waals surface area contributed by atoms with Crippen LogP contribution < -0.4 is 4.72 Å². The van der Waals surface area contributed by atoms with Crippen LogP contribution in [0.25, 0.3) is 0 Å². The first-order chi connectivity index (χ1) is 12.9. The van der Waals surface area contributed by atoms with Gasteiger partial charge in [0.25, 0.3) is 15.9 Å². The minimum atomic E-state index is -3.92. The molecule has 1 aliphatic heterocycles. The van der Waals surface area contributed by atoms with Gasteiger partial charge in [0.15, 0.2) is 0 Å². The van der Waals surface area contributed by atoms with Gasteiger partial charge in [0.1, 0.15) is 5.82 Å². The number of halogens is 1. The molecule has 9 heteroatoms. The van der Waals surface area contributed by atoms with E-state index in [1.54, 1.807) is 15.9 Å². The van der Waals surface area contributed by atoms with Crippen LogP contribution in [0.15, 0.2) is 53.4 Å². The van der Waals surface area contributed by atoms with Crippen molar-refractivity contribution in [1.29, 1.82) is 0 Å². The minimum absolute atomic E-state index is 0.0656. The molecule has 0 aromatic heterocycles. The van der Waals surface area contributed by atoms with Crippen molar-refractivity contribution < 1.29 is 22.4 Å². The predicted molar refractivity (Wildman–Crippen MR) is 97.2 cm³/mol. The highest BCUT2D eigenvalue weighted by atomic mass is 32.2. The molecule has 2 aromatic rings. The summed E-state index contributed by atoms with van der Waals surface area (Å²) in [6.45, 7) is 1.67. The molecule has 0 bridgehead atoms. The number of nitrogens with zero attached hydrogens (tertiary/aromatic N) is 2. The number of rotatable bonds is 5. The molecule has 1 heterocycles. The smallest absolute Gasteiger partial charge is 0.261 e. The van der Waals surface area contributed by atoms with Gasteiger partial charge < -0.3 is 9.80 Å². The lowest BCUT2D eigenvalue weighted by atomic mass is 10.2. The molecule has 0 atom stereocenters. The molecule has 27 heavy (non-hydrogen) atoms. The highest BCUT2D eigenvalue weighted by Gasteiger charge is 2.23. The van der Waals surface area contributed by atoms with E-state index in [2.05, 4.69) is 4.72 Å². The molecule has 0 radical (unpaired) electrons. The normalized spacial score (nSPS) is 14.7. The molecule has 2 aromatic carbocycles.